The Morgan fingerprint density at radius 3 is 2.44 bits per heavy atom. The van der Waals surface area contributed by atoms with Crippen molar-refractivity contribution in [2.45, 2.75) is 72.8 Å². The van der Waals surface area contributed by atoms with Crippen molar-refractivity contribution in [3.8, 4) is 0 Å². The first-order chi connectivity index (χ1) is 21.0. The lowest BCUT2D eigenvalue weighted by Gasteiger charge is -2.32. The van der Waals surface area contributed by atoms with E-state index in [1.807, 2.05) is 70.2 Å². The molecule has 0 bridgehead atoms. The summed E-state index contributed by atoms with van der Waals surface area (Å²) in [6, 6.07) is 13.0. The number of likely N-dealkylation sites (tertiary alicyclic amines) is 1. The number of halogens is 1. The predicted octanol–water partition coefficient (Wildman–Crippen LogP) is 6.57. The number of fused-ring (bicyclic) bond motifs is 1. The summed E-state index contributed by atoms with van der Waals surface area (Å²) in [4.78, 5) is 24.8. The average Bonchev–Trinajstić information content (AvgIpc) is 3.37. The van der Waals surface area contributed by atoms with Gasteiger partial charge in [-0.05, 0) is 74.3 Å². The Morgan fingerprint density at radius 1 is 1.12 bits per heavy atom. The summed E-state index contributed by atoms with van der Waals surface area (Å²) in [6.45, 7) is 12.5. The first-order valence-corrected chi connectivity index (χ1v) is 15.6. The van der Waals surface area contributed by atoms with E-state index in [4.69, 9.17) is 36.6 Å². The SMILES string of the molecule is CC.CC.COC(=O)c1ccc2nc(CN3CCC(/C(N)=C/C=N/OCc4ccc(Cl)cc4)CC3)n(C[C@@H]3CCO3)c2c1. The summed E-state index contributed by atoms with van der Waals surface area (Å²) in [6.07, 6.45) is 6.57. The van der Waals surface area contributed by atoms with E-state index in [0.29, 0.717) is 23.1 Å². The van der Waals surface area contributed by atoms with Crippen LogP contribution in [0.3, 0.4) is 0 Å². The lowest BCUT2D eigenvalue weighted by atomic mass is 9.93. The van der Waals surface area contributed by atoms with Gasteiger partial charge in [-0.25, -0.2) is 9.78 Å². The van der Waals surface area contributed by atoms with Crippen LogP contribution >= 0.6 is 11.6 Å². The van der Waals surface area contributed by atoms with Crippen molar-refractivity contribution < 1.29 is 19.1 Å². The molecule has 2 aromatic carbocycles. The maximum atomic E-state index is 12.1. The lowest BCUT2D eigenvalue weighted by Crippen LogP contribution is -2.36. The zero-order valence-electron chi connectivity index (χ0n) is 26.1. The van der Waals surface area contributed by atoms with Crippen molar-refractivity contribution >= 4 is 34.8 Å². The molecule has 43 heavy (non-hydrogen) atoms. The first-order valence-electron chi connectivity index (χ1n) is 15.3. The van der Waals surface area contributed by atoms with Gasteiger partial charge < -0.3 is 24.6 Å². The van der Waals surface area contributed by atoms with Gasteiger partial charge in [-0.15, -0.1) is 0 Å². The van der Waals surface area contributed by atoms with Gasteiger partial charge in [0.15, 0.2) is 0 Å². The normalized spacial score (nSPS) is 17.4. The number of carbonyl (C=O) groups is 1. The van der Waals surface area contributed by atoms with E-state index in [0.717, 1.165) is 80.2 Å². The highest BCUT2D eigenvalue weighted by molar-refractivity contribution is 6.30. The second kappa shape index (κ2) is 17.7. The smallest absolute Gasteiger partial charge is 0.337 e. The molecule has 0 aliphatic carbocycles. The summed E-state index contributed by atoms with van der Waals surface area (Å²) in [5.41, 5.74) is 10.5. The molecule has 2 aliphatic rings. The van der Waals surface area contributed by atoms with Crippen LogP contribution in [-0.2, 0) is 34.0 Å². The standard InChI is InChI=1S/C29H34ClN5O4.2C2H6/c1-37-29(36)22-4-7-26-27(16-22)35(17-24-11-15-38-24)28(33-26)18-34-13-9-21(10-14-34)25(31)8-12-32-39-19-20-2-5-23(30)6-3-20;2*1-2/h2-8,12,16,21,24H,9-11,13-15,17-19,31H2,1H3;2*1-2H3/b25-8-,32-12+;;/t24-;;/m0../s1. The van der Waals surface area contributed by atoms with Crippen LogP contribution in [0.1, 0.15) is 68.7 Å². The van der Waals surface area contributed by atoms with Crippen LogP contribution in [0, 0.1) is 5.92 Å². The number of hydrogen-bond acceptors (Lipinski definition) is 8. The molecule has 0 radical (unpaired) electrons. The van der Waals surface area contributed by atoms with Gasteiger partial charge in [0, 0.05) is 23.2 Å². The number of methoxy groups -OCH3 is 1. The van der Waals surface area contributed by atoms with E-state index in [-0.39, 0.29) is 12.1 Å². The third-order valence-corrected chi connectivity index (χ3v) is 7.65. The van der Waals surface area contributed by atoms with Gasteiger partial charge in [0.05, 0.1) is 49.1 Å². The van der Waals surface area contributed by atoms with Crippen LogP contribution in [0.15, 0.2) is 59.4 Å². The number of hydrogen-bond donors (Lipinski definition) is 1. The van der Waals surface area contributed by atoms with Crippen molar-refractivity contribution in [1.82, 2.24) is 14.5 Å². The number of allylic oxidation sites excluding steroid dienone is 2. The van der Waals surface area contributed by atoms with Crippen LogP contribution in [0.4, 0.5) is 0 Å². The van der Waals surface area contributed by atoms with Gasteiger partial charge in [-0.1, -0.05) is 56.6 Å². The molecule has 0 unspecified atom stereocenters. The number of imidazole rings is 1. The molecule has 0 amide bonds. The molecule has 2 saturated heterocycles. The second-order valence-corrected chi connectivity index (χ2v) is 10.4. The van der Waals surface area contributed by atoms with Gasteiger partial charge in [0.1, 0.15) is 12.4 Å². The molecular formula is C33H46ClN5O4. The van der Waals surface area contributed by atoms with E-state index < -0.39 is 0 Å². The number of rotatable bonds is 10. The van der Waals surface area contributed by atoms with Crippen molar-refractivity contribution in [2.75, 3.05) is 26.8 Å². The number of benzene rings is 2. The topological polar surface area (TPSA) is 104 Å². The van der Waals surface area contributed by atoms with Gasteiger partial charge in [0.2, 0.25) is 0 Å². The van der Waals surface area contributed by atoms with Gasteiger partial charge >= 0.3 is 5.97 Å². The van der Waals surface area contributed by atoms with E-state index in [9.17, 15) is 4.79 Å². The number of aromatic nitrogens is 2. The molecule has 10 heteroatoms. The fourth-order valence-corrected chi connectivity index (χ4v) is 5.11. The number of piperidine rings is 1. The summed E-state index contributed by atoms with van der Waals surface area (Å²) < 4.78 is 12.8. The molecule has 1 atom stereocenters. The van der Waals surface area contributed by atoms with Gasteiger partial charge in [-0.3, -0.25) is 4.90 Å². The molecule has 2 fully saturated rings. The summed E-state index contributed by atoms with van der Waals surface area (Å²) in [5, 5.41) is 4.70. The molecule has 3 heterocycles. The molecule has 5 rings (SSSR count). The zero-order chi connectivity index (χ0) is 31.2. The van der Waals surface area contributed by atoms with Crippen LogP contribution in [-0.4, -0.2) is 59.5 Å². The zero-order valence-corrected chi connectivity index (χ0v) is 26.8. The van der Waals surface area contributed by atoms with Crippen molar-refractivity contribution in [3.63, 3.8) is 0 Å². The third kappa shape index (κ3) is 9.55. The van der Waals surface area contributed by atoms with E-state index in [1.54, 1.807) is 12.3 Å². The average molecular weight is 612 g/mol. The van der Waals surface area contributed by atoms with Crippen LogP contribution < -0.4 is 5.73 Å². The maximum Gasteiger partial charge on any atom is 0.337 e. The largest absolute Gasteiger partial charge is 0.465 e. The minimum absolute atomic E-state index is 0.176. The number of nitrogens with two attached hydrogens (primary N) is 1. The van der Waals surface area contributed by atoms with Crippen molar-refractivity contribution in [3.05, 3.63) is 76.2 Å². The Morgan fingerprint density at radius 2 is 1.81 bits per heavy atom. The minimum Gasteiger partial charge on any atom is -0.465 e. The van der Waals surface area contributed by atoms with E-state index in [1.165, 1.54) is 7.11 Å². The Bertz CT molecular complexity index is 1340. The number of esters is 1. The molecule has 234 valence electrons. The van der Waals surface area contributed by atoms with Gasteiger partial charge in [0.25, 0.3) is 0 Å². The third-order valence-electron chi connectivity index (χ3n) is 7.40. The Labute approximate surface area is 260 Å². The Hall–Kier alpha value is -3.40. The molecule has 0 spiro atoms. The molecule has 9 nitrogen and oxygen atoms in total. The highest BCUT2D eigenvalue weighted by Gasteiger charge is 2.25. The molecule has 1 aromatic heterocycles. The summed E-state index contributed by atoms with van der Waals surface area (Å²) in [5.74, 6) is 0.931. The Kier molecular flexibility index (Phi) is 14.0. The van der Waals surface area contributed by atoms with Gasteiger partial charge in [-0.2, -0.15) is 0 Å². The molecule has 0 saturated carbocycles. The number of carbonyl (C=O) groups excluding carboxylic acids is 1. The molecule has 2 N–H and O–H groups in total. The monoisotopic (exact) mass is 611 g/mol. The number of nitrogens with zero attached hydrogens (tertiary/aromatic N) is 4. The predicted molar refractivity (Wildman–Crippen MR) is 173 cm³/mol. The summed E-state index contributed by atoms with van der Waals surface area (Å²) >= 11 is 5.90. The summed E-state index contributed by atoms with van der Waals surface area (Å²) in [7, 11) is 1.40. The lowest BCUT2D eigenvalue weighted by molar-refractivity contribution is -0.0592. The van der Waals surface area contributed by atoms with Crippen molar-refractivity contribution in [2.24, 2.45) is 16.8 Å². The maximum absolute atomic E-state index is 12.1. The Balaban J connectivity index is 0.00000121. The molecule has 2 aliphatic heterocycles. The van der Waals surface area contributed by atoms with Crippen LogP contribution in [0.25, 0.3) is 11.0 Å². The van der Waals surface area contributed by atoms with Crippen LogP contribution in [0.5, 0.6) is 0 Å². The highest BCUT2D eigenvalue weighted by Crippen LogP contribution is 2.26. The van der Waals surface area contributed by atoms with E-state index >= 15 is 0 Å². The fraction of sp³-hybridized carbons (Fsp3) is 0.485. The quantitative estimate of drug-likeness (QED) is 0.157. The number of ether oxygens (including phenoxy) is 2. The second-order valence-electron chi connectivity index (χ2n) is 9.99. The van der Waals surface area contributed by atoms with Crippen molar-refractivity contribution in [1.29, 1.82) is 0 Å². The first kappa shape index (κ1) is 34.1. The van der Waals surface area contributed by atoms with E-state index in [2.05, 4.69) is 14.6 Å². The fourth-order valence-electron chi connectivity index (χ4n) is 4.99. The highest BCUT2D eigenvalue weighted by atomic mass is 35.5. The van der Waals surface area contributed by atoms with Crippen LogP contribution in [0.2, 0.25) is 5.02 Å². The number of oxime groups is 1. The molecule has 3 aromatic rings. The molecular weight excluding hydrogens is 566 g/mol. The minimum atomic E-state index is -0.350.